The SMILES string of the molecule is CC(=O)c1cc(Nc2cn(C)nc2C)ccc1N. The normalized spacial score (nSPS) is 10.4. The van der Waals surface area contributed by atoms with Crippen LogP contribution < -0.4 is 11.1 Å². The molecule has 5 nitrogen and oxygen atoms in total. The highest BCUT2D eigenvalue weighted by atomic mass is 16.1. The number of ketones is 1. The predicted octanol–water partition coefficient (Wildman–Crippen LogP) is 2.26. The zero-order valence-electron chi connectivity index (χ0n) is 10.7. The molecule has 5 heteroatoms. The summed E-state index contributed by atoms with van der Waals surface area (Å²) in [6.07, 6.45) is 1.89. The minimum Gasteiger partial charge on any atom is -0.398 e. The number of Topliss-reactive ketones (excluding diaryl/α,β-unsaturated/α-hetero) is 1. The van der Waals surface area contributed by atoms with Gasteiger partial charge >= 0.3 is 0 Å². The number of aromatic nitrogens is 2. The van der Waals surface area contributed by atoms with Gasteiger partial charge in [0, 0.05) is 30.2 Å². The molecule has 0 aliphatic carbocycles. The highest BCUT2D eigenvalue weighted by Crippen LogP contribution is 2.23. The Bertz CT molecular complexity index is 601. The fourth-order valence-corrected chi connectivity index (χ4v) is 1.82. The van der Waals surface area contributed by atoms with Crippen LogP contribution in [0.4, 0.5) is 17.1 Å². The maximum atomic E-state index is 11.4. The summed E-state index contributed by atoms with van der Waals surface area (Å²) in [5, 5.41) is 7.47. The molecule has 18 heavy (non-hydrogen) atoms. The van der Waals surface area contributed by atoms with Crippen LogP contribution in [0.15, 0.2) is 24.4 Å². The average Bonchev–Trinajstić information content (AvgIpc) is 2.60. The highest BCUT2D eigenvalue weighted by Gasteiger charge is 2.08. The van der Waals surface area contributed by atoms with E-state index in [0.717, 1.165) is 17.1 Å². The Morgan fingerprint density at radius 3 is 2.72 bits per heavy atom. The number of hydrogen-bond donors (Lipinski definition) is 2. The van der Waals surface area contributed by atoms with Gasteiger partial charge in [-0.1, -0.05) is 0 Å². The van der Waals surface area contributed by atoms with Crippen molar-refractivity contribution in [3.63, 3.8) is 0 Å². The molecule has 0 aliphatic heterocycles. The van der Waals surface area contributed by atoms with Crippen LogP contribution in [0.1, 0.15) is 23.0 Å². The second-order valence-electron chi connectivity index (χ2n) is 4.29. The van der Waals surface area contributed by atoms with E-state index in [9.17, 15) is 4.79 Å². The molecule has 0 spiro atoms. The number of nitrogen functional groups attached to an aromatic ring is 1. The maximum absolute atomic E-state index is 11.4. The third-order valence-corrected chi connectivity index (χ3v) is 2.73. The number of hydrogen-bond acceptors (Lipinski definition) is 4. The zero-order valence-corrected chi connectivity index (χ0v) is 10.7. The summed E-state index contributed by atoms with van der Waals surface area (Å²) < 4.78 is 1.74. The molecule has 0 atom stereocenters. The fraction of sp³-hybridized carbons (Fsp3) is 0.231. The van der Waals surface area contributed by atoms with Crippen molar-refractivity contribution in [2.45, 2.75) is 13.8 Å². The highest BCUT2D eigenvalue weighted by molar-refractivity contribution is 6.00. The van der Waals surface area contributed by atoms with Crippen molar-refractivity contribution in [2.75, 3.05) is 11.1 Å². The minimum atomic E-state index is -0.0425. The Kier molecular flexibility index (Phi) is 3.06. The molecule has 0 bridgehead atoms. The molecular formula is C13H16N4O. The summed E-state index contributed by atoms with van der Waals surface area (Å²) in [4.78, 5) is 11.4. The molecule has 1 heterocycles. The molecule has 1 aromatic carbocycles. The number of anilines is 3. The van der Waals surface area contributed by atoms with Gasteiger partial charge in [0.15, 0.2) is 5.78 Å². The van der Waals surface area contributed by atoms with Gasteiger partial charge in [0.1, 0.15) is 0 Å². The van der Waals surface area contributed by atoms with E-state index in [0.29, 0.717) is 11.3 Å². The minimum absolute atomic E-state index is 0.0425. The average molecular weight is 244 g/mol. The number of rotatable bonds is 3. The maximum Gasteiger partial charge on any atom is 0.161 e. The topological polar surface area (TPSA) is 72.9 Å². The van der Waals surface area contributed by atoms with Gasteiger partial charge in [0.2, 0.25) is 0 Å². The van der Waals surface area contributed by atoms with Crippen molar-refractivity contribution in [3.05, 3.63) is 35.7 Å². The Morgan fingerprint density at radius 1 is 1.44 bits per heavy atom. The Morgan fingerprint density at radius 2 is 2.17 bits per heavy atom. The second-order valence-corrected chi connectivity index (χ2v) is 4.29. The largest absolute Gasteiger partial charge is 0.398 e. The van der Waals surface area contributed by atoms with Gasteiger partial charge in [0.05, 0.1) is 11.4 Å². The van der Waals surface area contributed by atoms with Crippen molar-refractivity contribution >= 4 is 22.8 Å². The lowest BCUT2D eigenvalue weighted by Crippen LogP contribution is -2.01. The molecule has 1 aromatic heterocycles. The van der Waals surface area contributed by atoms with E-state index < -0.39 is 0 Å². The van der Waals surface area contributed by atoms with Crippen LogP contribution in [-0.2, 0) is 7.05 Å². The van der Waals surface area contributed by atoms with E-state index in [2.05, 4.69) is 10.4 Å². The molecule has 0 unspecified atom stereocenters. The van der Waals surface area contributed by atoms with E-state index in [1.54, 1.807) is 16.8 Å². The number of nitrogens with zero attached hydrogens (tertiary/aromatic N) is 2. The molecule has 0 saturated carbocycles. The first kappa shape index (κ1) is 12.2. The first-order chi connectivity index (χ1) is 8.47. The predicted molar refractivity (Wildman–Crippen MR) is 72.1 cm³/mol. The summed E-state index contributed by atoms with van der Waals surface area (Å²) in [5.74, 6) is -0.0425. The van der Waals surface area contributed by atoms with Crippen molar-refractivity contribution in [3.8, 4) is 0 Å². The summed E-state index contributed by atoms with van der Waals surface area (Å²) in [7, 11) is 1.86. The number of carbonyl (C=O) groups is 1. The van der Waals surface area contributed by atoms with E-state index in [1.807, 2.05) is 26.2 Å². The first-order valence-electron chi connectivity index (χ1n) is 5.65. The van der Waals surface area contributed by atoms with Crippen LogP contribution in [0.5, 0.6) is 0 Å². The fourth-order valence-electron chi connectivity index (χ4n) is 1.82. The van der Waals surface area contributed by atoms with Crippen LogP contribution >= 0.6 is 0 Å². The van der Waals surface area contributed by atoms with Gasteiger partial charge in [-0.25, -0.2) is 0 Å². The molecule has 0 amide bonds. The lowest BCUT2D eigenvalue weighted by atomic mass is 10.1. The monoisotopic (exact) mass is 244 g/mol. The first-order valence-corrected chi connectivity index (χ1v) is 5.65. The van der Waals surface area contributed by atoms with E-state index >= 15 is 0 Å². The summed E-state index contributed by atoms with van der Waals surface area (Å²) in [6, 6.07) is 5.32. The summed E-state index contributed by atoms with van der Waals surface area (Å²) >= 11 is 0. The molecule has 94 valence electrons. The molecule has 0 radical (unpaired) electrons. The molecule has 0 aliphatic rings. The molecule has 2 aromatic rings. The van der Waals surface area contributed by atoms with Crippen molar-refractivity contribution in [1.29, 1.82) is 0 Å². The van der Waals surface area contributed by atoms with Gasteiger partial charge in [-0.05, 0) is 32.0 Å². The number of nitrogens with one attached hydrogen (secondary N) is 1. The van der Waals surface area contributed by atoms with Gasteiger partial charge in [0.25, 0.3) is 0 Å². The van der Waals surface area contributed by atoms with Gasteiger partial charge in [-0.2, -0.15) is 5.10 Å². The quantitative estimate of drug-likeness (QED) is 0.641. The summed E-state index contributed by atoms with van der Waals surface area (Å²) in [5.41, 5.74) is 9.42. The third kappa shape index (κ3) is 2.34. The van der Waals surface area contributed by atoms with Gasteiger partial charge < -0.3 is 11.1 Å². The Labute approximate surface area is 106 Å². The van der Waals surface area contributed by atoms with E-state index in [-0.39, 0.29) is 5.78 Å². The number of aryl methyl sites for hydroxylation is 2. The molecule has 0 saturated heterocycles. The van der Waals surface area contributed by atoms with Gasteiger partial charge in [-0.15, -0.1) is 0 Å². The molecule has 0 fully saturated rings. The zero-order chi connectivity index (χ0) is 13.3. The smallest absolute Gasteiger partial charge is 0.161 e. The van der Waals surface area contributed by atoms with E-state index in [1.165, 1.54) is 6.92 Å². The lowest BCUT2D eigenvalue weighted by molar-refractivity contribution is 0.101. The van der Waals surface area contributed by atoms with Crippen molar-refractivity contribution < 1.29 is 4.79 Å². The van der Waals surface area contributed by atoms with Crippen LogP contribution in [0.3, 0.4) is 0 Å². The molecule has 2 rings (SSSR count). The Hall–Kier alpha value is -2.30. The second kappa shape index (κ2) is 4.52. The van der Waals surface area contributed by atoms with Crippen LogP contribution in [0, 0.1) is 6.92 Å². The number of benzene rings is 1. The van der Waals surface area contributed by atoms with Crippen molar-refractivity contribution in [2.24, 2.45) is 7.05 Å². The molecule has 3 N–H and O–H groups in total. The van der Waals surface area contributed by atoms with Gasteiger partial charge in [-0.3, -0.25) is 9.48 Å². The standard InChI is InChI=1S/C13H16N4O/c1-8-13(7-17(3)16-8)15-10-4-5-12(14)11(6-10)9(2)18/h4-7,15H,14H2,1-3H3. The lowest BCUT2D eigenvalue weighted by Gasteiger charge is -2.08. The van der Waals surface area contributed by atoms with Crippen molar-refractivity contribution in [1.82, 2.24) is 9.78 Å². The van der Waals surface area contributed by atoms with Crippen LogP contribution in [-0.4, -0.2) is 15.6 Å². The number of nitrogens with two attached hydrogens (primary N) is 1. The summed E-state index contributed by atoms with van der Waals surface area (Å²) in [6.45, 7) is 3.43. The van der Waals surface area contributed by atoms with E-state index in [4.69, 9.17) is 5.73 Å². The Balaban J connectivity index is 2.32. The van der Waals surface area contributed by atoms with Crippen LogP contribution in [0.25, 0.3) is 0 Å². The van der Waals surface area contributed by atoms with Crippen LogP contribution in [0.2, 0.25) is 0 Å². The number of carbonyl (C=O) groups excluding carboxylic acids is 1. The third-order valence-electron chi connectivity index (χ3n) is 2.73. The molecular weight excluding hydrogens is 228 g/mol.